The van der Waals surface area contributed by atoms with Gasteiger partial charge in [0.05, 0.1) is 12.1 Å². The lowest BCUT2D eigenvalue weighted by atomic mass is 9.85. The first kappa shape index (κ1) is 16.1. The van der Waals surface area contributed by atoms with Gasteiger partial charge in [-0.1, -0.05) is 49.6 Å². The van der Waals surface area contributed by atoms with Crippen LogP contribution in [0, 0.1) is 0 Å². The first-order valence-corrected chi connectivity index (χ1v) is 8.30. The van der Waals surface area contributed by atoms with Gasteiger partial charge >= 0.3 is 0 Å². The second-order valence-electron chi connectivity index (χ2n) is 6.55. The van der Waals surface area contributed by atoms with Crippen LogP contribution < -0.4 is 0 Å². The van der Waals surface area contributed by atoms with E-state index >= 15 is 0 Å². The van der Waals surface area contributed by atoms with Crippen molar-refractivity contribution < 1.29 is 10.3 Å². The fourth-order valence-corrected chi connectivity index (χ4v) is 3.31. The van der Waals surface area contributed by atoms with E-state index in [-0.39, 0.29) is 0 Å². The van der Waals surface area contributed by atoms with E-state index in [4.69, 9.17) is 0 Å². The molecule has 1 aromatic carbocycles. The number of aliphatic hydroxyl groups is 1. The number of benzene rings is 1. The van der Waals surface area contributed by atoms with Gasteiger partial charge in [-0.2, -0.15) is 5.06 Å². The highest BCUT2D eigenvalue weighted by atomic mass is 16.5. The van der Waals surface area contributed by atoms with Gasteiger partial charge in [0.1, 0.15) is 0 Å². The molecule has 0 atom stereocenters. The maximum Gasteiger partial charge on any atom is 0.0797 e. The normalized spacial score (nSPS) is 17.3. The molecule has 3 rings (SSSR count). The van der Waals surface area contributed by atoms with Crippen LogP contribution in [0.25, 0.3) is 11.1 Å². The van der Waals surface area contributed by atoms with Gasteiger partial charge < -0.3 is 10.3 Å². The Morgan fingerprint density at radius 3 is 2.39 bits per heavy atom. The van der Waals surface area contributed by atoms with Crippen molar-refractivity contribution in [1.82, 2.24) is 10.0 Å². The van der Waals surface area contributed by atoms with Crippen molar-refractivity contribution in [1.29, 1.82) is 0 Å². The lowest BCUT2D eigenvalue weighted by Gasteiger charge is -2.34. The second kappa shape index (κ2) is 7.21. The molecular weight excluding hydrogens is 288 g/mol. The molecular formula is C19H24N2O2. The summed E-state index contributed by atoms with van der Waals surface area (Å²) in [4.78, 5) is 4.13. The minimum Gasteiger partial charge on any atom is -0.388 e. The summed E-state index contributed by atoms with van der Waals surface area (Å²) in [5.74, 6) is 0. The third-order valence-corrected chi connectivity index (χ3v) is 4.57. The van der Waals surface area contributed by atoms with Gasteiger partial charge in [0.25, 0.3) is 0 Å². The molecule has 1 aliphatic carbocycles. The SMILES string of the molecule is ON(Cc1ccc(-c2cccnc2)cc1)CC1(O)CCCCC1. The summed E-state index contributed by atoms with van der Waals surface area (Å²) in [6, 6.07) is 12.0. The van der Waals surface area contributed by atoms with E-state index < -0.39 is 5.60 Å². The number of aromatic nitrogens is 1. The Morgan fingerprint density at radius 2 is 1.74 bits per heavy atom. The molecule has 1 heterocycles. The van der Waals surface area contributed by atoms with Crippen LogP contribution in [0.3, 0.4) is 0 Å². The van der Waals surface area contributed by atoms with E-state index in [2.05, 4.69) is 4.98 Å². The van der Waals surface area contributed by atoms with Crippen LogP contribution in [0.1, 0.15) is 37.7 Å². The van der Waals surface area contributed by atoms with Gasteiger partial charge in [-0.3, -0.25) is 4.98 Å². The average Bonchev–Trinajstić information content (AvgIpc) is 2.56. The molecule has 2 N–H and O–H groups in total. The van der Waals surface area contributed by atoms with E-state index in [9.17, 15) is 10.3 Å². The lowest BCUT2D eigenvalue weighted by Crippen LogP contribution is -2.42. The molecule has 0 saturated heterocycles. The van der Waals surface area contributed by atoms with Gasteiger partial charge in [-0.05, 0) is 35.6 Å². The molecule has 122 valence electrons. The molecule has 1 aromatic heterocycles. The average molecular weight is 312 g/mol. The number of hydrogen-bond acceptors (Lipinski definition) is 4. The number of hydroxylamine groups is 2. The van der Waals surface area contributed by atoms with Crippen LogP contribution in [0.4, 0.5) is 0 Å². The zero-order valence-electron chi connectivity index (χ0n) is 13.4. The fourth-order valence-electron chi connectivity index (χ4n) is 3.31. The van der Waals surface area contributed by atoms with Crippen LogP contribution in [0.15, 0.2) is 48.8 Å². The second-order valence-corrected chi connectivity index (χ2v) is 6.55. The molecule has 4 heteroatoms. The Morgan fingerprint density at radius 1 is 1.00 bits per heavy atom. The predicted octanol–water partition coefficient (Wildman–Crippen LogP) is 3.64. The zero-order valence-corrected chi connectivity index (χ0v) is 13.4. The molecule has 23 heavy (non-hydrogen) atoms. The Balaban J connectivity index is 1.59. The van der Waals surface area contributed by atoms with Crippen molar-refractivity contribution in [3.63, 3.8) is 0 Å². The van der Waals surface area contributed by atoms with E-state index in [0.717, 1.165) is 42.4 Å². The van der Waals surface area contributed by atoms with Crippen LogP contribution in [0.5, 0.6) is 0 Å². The number of hydrogen-bond donors (Lipinski definition) is 2. The molecule has 1 aliphatic rings. The smallest absolute Gasteiger partial charge is 0.0797 e. The Hall–Kier alpha value is -1.75. The van der Waals surface area contributed by atoms with Crippen molar-refractivity contribution in [2.45, 2.75) is 44.2 Å². The highest BCUT2D eigenvalue weighted by Gasteiger charge is 2.31. The number of nitrogens with zero attached hydrogens (tertiary/aromatic N) is 2. The molecule has 0 radical (unpaired) electrons. The summed E-state index contributed by atoms with van der Waals surface area (Å²) < 4.78 is 0. The topological polar surface area (TPSA) is 56.6 Å². The Labute approximate surface area is 137 Å². The maximum atomic E-state index is 10.5. The quantitative estimate of drug-likeness (QED) is 0.828. The monoisotopic (exact) mass is 312 g/mol. The third-order valence-electron chi connectivity index (χ3n) is 4.57. The van der Waals surface area contributed by atoms with E-state index in [0.29, 0.717) is 13.1 Å². The summed E-state index contributed by atoms with van der Waals surface area (Å²) in [6.07, 6.45) is 8.44. The van der Waals surface area contributed by atoms with Crippen molar-refractivity contribution in [2.24, 2.45) is 0 Å². The molecule has 2 aromatic rings. The minimum absolute atomic E-state index is 0.317. The molecule has 0 bridgehead atoms. The molecule has 1 fully saturated rings. The molecule has 0 aliphatic heterocycles. The lowest BCUT2D eigenvalue weighted by molar-refractivity contribution is -0.154. The Kier molecular flexibility index (Phi) is 5.06. The number of rotatable bonds is 5. The van der Waals surface area contributed by atoms with Gasteiger partial charge in [0, 0.05) is 18.9 Å². The van der Waals surface area contributed by atoms with Crippen molar-refractivity contribution in [3.8, 4) is 11.1 Å². The van der Waals surface area contributed by atoms with Crippen molar-refractivity contribution in [2.75, 3.05) is 6.54 Å². The summed E-state index contributed by atoms with van der Waals surface area (Å²) in [5, 5.41) is 21.9. The highest BCUT2D eigenvalue weighted by molar-refractivity contribution is 5.62. The van der Waals surface area contributed by atoms with E-state index in [1.165, 1.54) is 11.5 Å². The van der Waals surface area contributed by atoms with Crippen LogP contribution in [0.2, 0.25) is 0 Å². The summed E-state index contributed by atoms with van der Waals surface area (Å²) in [6.45, 7) is 0.743. The van der Waals surface area contributed by atoms with Crippen molar-refractivity contribution >= 4 is 0 Å². The van der Waals surface area contributed by atoms with Crippen LogP contribution in [-0.2, 0) is 6.54 Å². The summed E-state index contributed by atoms with van der Waals surface area (Å²) >= 11 is 0. The van der Waals surface area contributed by atoms with E-state index in [1.807, 2.05) is 42.6 Å². The third kappa shape index (κ3) is 4.38. The zero-order chi connectivity index (χ0) is 16.1. The summed E-state index contributed by atoms with van der Waals surface area (Å²) in [7, 11) is 0. The molecule has 1 saturated carbocycles. The van der Waals surface area contributed by atoms with Gasteiger partial charge in [-0.15, -0.1) is 0 Å². The van der Waals surface area contributed by atoms with E-state index in [1.54, 1.807) is 6.20 Å². The van der Waals surface area contributed by atoms with Crippen molar-refractivity contribution in [3.05, 3.63) is 54.4 Å². The highest BCUT2D eigenvalue weighted by Crippen LogP contribution is 2.29. The molecule has 0 spiro atoms. The maximum absolute atomic E-state index is 10.5. The fraction of sp³-hybridized carbons (Fsp3) is 0.421. The Bertz CT molecular complexity index is 607. The summed E-state index contributed by atoms with van der Waals surface area (Å²) in [5.41, 5.74) is 2.48. The van der Waals surface area contributed by atoms with Gasteiger partial charge in [-0.25, -0.2) is 0 Å². The minimum atomic E-state index is -0.733. The molecule has 0 unspecified atom stereocenters. The van der Waals surface area contributed by atoms with Gasteiger partial charge in [0.15, 0.2) is 0 Å². The molecule has 4 nitrogen and oxygen atoms in total. The predicted molar refractivity (Wildman–Crippen MR) is 89.9 cm³/mol. The first-order chi connectivity index (χ1) is 11.1. The van der Waals surface area contributed by atoms with Crippen LogP contribution >= 0.6 is 0 Å². The largest absolute Gasteiger partial charge is 0.388 e. The number of pyridine rings is 1. The first-order valence-electron chi connectivity index (χ1n) is 8.30. The van der Waals surface area contributed by atoms with Crippen LogP contribution in [-0.4, -0.2) is 32.5 Å². The molecule has 0 amide bonds. The van der Waals surface area contributed by atoms with Gasteiger partial charge in [0.2, 0.25) is 0 Å². The standard InChI is InChI=1S/C19H24N2O2/c22-19(10-2-1-3-11-19)15-21(23)14-16-6-8-17(9-7-16)18-5-4-12-20-13-18/h4-9,12-13,22-23H,1-3,10-11,14-15H2.